The summed E-state index contributed by atoms with van der Waals surface area (Å²) >= 11 is 0. The van der Waals surface area contributed by atoms with Crippen LogP contribution in [-0.4, -0.2) is 14.9 Å². The van der Waals surface area contributed by atoms with Crippen molar-refractivity contribution in [1.29, 1.82) is 0 Å². The van der Waals surface area contributed by atoms with Crippen molar-refractivity contribution in [2.75, 3.05) is 0 Å². The van der Waals surface area contributed by atoms with Crippen molar-refractivity contribution < 1.29 is 4.92 Å². The zero-order valence-corrected chi connectivity index (χ0v) is 10.5. The minimum atomic E-state index is -0.397. The quantitative estimate of drug-likeness (QED) is 0.580. The molecule has 20 heavy (non-hydrogen) atoms. The molecule has 0 spiro atoms. The number of rotatable bonds is 3. The van der Waals surface area contributed by atoms with Crippen molar-refractivity contribution in [3.63, 3.8) is 0 Å². The van der Waals surface area contributed by atoms with Crippen LogP contribution in [0.1, 0.15) is 0 Å². The fraction of sp³-hybridized carbons (Fsp3) is 0. The smallest absolute Gasteiger partial charge is 0.278 e. The first-order chi connectivity index (χ1) is 9.75. The molecule has 0 saturated carbocycles. The Balaban J connectivity index is 2.05. The van der Waals surface area contributed by atoms with Crippen molar-refractivity contribution in [2.45, 2.75) is 0 Å². The van der Waals surface area contributed by atoms with Gasteiger partial charge in [-0.3, -0.25) is 10.1 Å². The number of nitro benzene ring substituents is 1. The summed E-state index contributed by atoms with van der Waals surface area (Å²) in [7, 11) is 0. The SMILES string of the molecule is O=[N+]([O-])c1ccccc1-c1c[nH]c(-c2ccccc2)n1. The lowest BCUT2D eigenvalue weighted by atomic mass is 10.1. The van der Waals surface area contributed by atoms with E-state index in [2.05, 4.69) is 9.97 Å². The Kier molecular flexibility index (Phi) is 3.01. The van der Waals surface area contributed by atoms with Gasteiger partial charge < -0.3 is 4.98 Å². The Morgan fingerprint density at radius 3 is 2.45 bits per heavy atom. The molecule has 5 nitrogen and oxygen atoms in total. The molecule has 1 N–H and O–H groups in total. The van der Waals surface area contributed by atoms with Gasteiger partial charge in [-0.2, -0.15) is 0 Å². The van der Waals surface area contributed by atoms with Crippen LogP contribution in [0, 0.1) is 10.1 Å². The van der Waals surface area contributed by atoms with Crippen LogP contribution in [0.5, 0.6) is 0 Å². The van der Waals surface area contributed by atoms with Gasteiger partial charge in [-0.1, -0.05) is 42.5 Å². The first kappa shape index (κ1) is 12.1. The number of nitro groups is 1. The van der Waals surface area contributed by atoms with Crippen LogP contribution < -0.4 is 0 Å². The van der Waals surface area contributed by atoms with Crippen LogP contribution in [0.2, 0.25) is 0 Å². The van der Waals surface area contributed by atoms with E-state index in [1.165, 1.54) is 6.07 Å². The summed E-state index contributed by atoms with van der Waals surface area (Å²) in [5, 5.41) is 11.0. The lowest BCUT2D eigenvalue weighted by molar-refractivity contribution is -0.384. The van der Waals surface area contributed by atoms with Gasteiger partial charge in [-0.15, -0.1) is 0 Å². The zero-order valence-electron chi connectivity index (χ0n) is 10.5. The average molecular weight is 265 g/mol. The fourth-order valence-corrected chi connectivity index (χ4v) is 2.05. The molecule has 0 radical (unpaired) electrons. The van der Waals surface area contributed by atoms with E-state index in [1.807, 2.05) is 30.3 Å². The molecular formula is C15H11N3O2. The van der Waals surface area contributed by atoms with Crippen molar-refractivity contribution in [3.05, 3.63) is 70.9 Å². The number of nitrogens with one attached hydrogen (secondary N) is 1. The minimum absolute atomic E-state index is 0.0543. The molecule has 0 atom stereocenters. The normalized spacial score (nSPS) is 10.4. The van der Waals surface area contributed by atoms with Gasteiger partial charge >= 0.3 is 0 Å². The summed E-state index contributed by atoms with van der Waals surface area (Å²) < 4.78 is 0. The largest absolute Gasteiger partial charge is 0.344 e. The predicted octanol–water partition coefficient (Wildman–Crippen LogP) is 3.65. The number of hydrogen-bond acceptors (Lipinski definition) is 3. The molecule has 5 heteroatoms. The monoisotopic (exact) mass is 265 g/mol. The zero-order chi connectivity index (χ0) is 13.9. The third-order valence-corrected chi connectivity index (χ3v) is 3.00. The van der Waals surface area contributed by atoms with E-state index < -0.39 is 4.92 Å². The highest BCUT2D eigenvalue weighted by Gasteiger charge is 2.16. The Hall–Kier alpha value is -2.95. The number of hydrogen-bond donors (Lipinski definition) is 1. The first-order valence-electron chi connectivity index (χ1n) is 6.10. The number of H-pyrrole nitrogens is 1. The molecule has 3 aromatic rings. The number of nitrogens with zero attached hydrogens (tertiary/aromatic N) is 2. The molecule has 3 rings (SSSR count). The van der Waals surface area contributed by atoms with Crippen LogP contribution in [0.25, 0.3) is 22.6 Å². The lowest BCUT2D eigenvalue weighted by Crippen LogP contribution is -1.91. The molecule has 0 saturated heterocycles. The third kappa shape index (κ3) is 2.16. The van der Waals surface area contributed by atoms with Gasteiger partial charge in [0.1, 0.15) is 5.82 Å². The van der Waals surface area contributed by atoms with Gasteiger partial charge in [0.2, 0.25) is 0 Å². The van der Waals surface area contributed by atoms with Crippen LogP contribution >= 0.6 is 0 Å². The number of para-hydroxylation sites is 1. The Morgan fingerprint density at radius 1 is 1.00 bits per heavy atom. The van der Waals surface area contributed by atoms with Gasteiger partial charge in [-0.25, -0.2) is 4.98 Å². The highest BCUT2D eigenvalue weighted by atomic mass is 16.6. The third-order valence-electron chi connectivity index (χ3n) is 3.00. The minimum Gasteiger partial charge on any atom is -0.344 e. The molecule has 98 valence electrons. The lowest BCUT2D eigenvalue weighted by Gasteiger charge is -1.98. The summed E-state index contributed by atoms with van der Waals surface area (Å²) in [5.74, 6) is 0.693. The van der Waals surface area contributed by atoms with Gasteiger partial charge in [0.05, 0.1) is 16.2 Å². The van der Waals surface area contributed by atoms with Crippen LogP contribution in [0.4, 0.5) is 5.69 Å². The maximum atomic E-state index is 11.0. The molecule has 0 unspecified atom stereocenters. The van der Waals surface area contributed by atoms with E-state index in [4.69, 9.17) is 0 Å². The van der Waals surface area contributed by atoms with E-state index in [9.17, 15) is 10.1 Å². The van der Waals surface area contributed by atoms with Gasteiger partial charge in [0, 0.05) is 17.8 Å². The van der Waals surface area contributed by atoms with Crippen LogP contribution in [-0.2, 0) is 0 Å². The number of benzene rings is 2. The second-order valence-electron chi connectivity index (χ2n) is 4.27. The molecule has 1 aromatic heterocycles. The molecule has 0 fully saturated rings. The highest BCUT2D eigenvalue weighted by Crippen LogP contribution is 2.29. The Bertz CT molecular complexity index is 751. The van der Waals surface area contributed by atoms with E-state index in [0.29, 0.717) is 17.1 Å². The molecule has 0 aliphatic rings. The molecular weight excluding hydrogens is 254 g/mol. The standard InChI is InChI=1S/C15H11N3O2/c19-18(20)14-9-5-4-8-12(14)13-10-16-15(17-13)11-6-2-1-3-7-11/h1-10H,(H,16,17). The highest BCUT2D eigenvalue weighted by molar-refractivity contribution is 5.72. The average Bonchev–Trinajstić information content (AvgIpc) is 2.98. The summed E-state index contributed by atoms with van der Waals surface area (Å²) in [6.45, 7) is 0. The maximum absolute atomic E-state index is 11.0. The molecule has 0 bridgehead atoms. The topological polar surface area (TPSA) is 71.8 Å². The van der Waals surface area contributed by atoms with Crippen LogP contribution in [0.15, 0.2) is 60.8 Å². The number of aromatic nitrogens is 2. The Morgan fingerprint density at radius 2 is 1.70 bits per heavy atom. The maximum Gasteiger partial charge on any atom is 0.278 e. The fourth-order valence-electron chi connectivity index (χ4n) is 2.05. The Labute approximate surface area is 115 Å². The predicted molar refractivity (Wildman–Crippen MR) is 76.1 cm³/mol. The molecule has 0 aliphatic heterocycles. The molecule has 1 heterocycles. The van der Waals surface area contributed by atoms with Gasteiger partial charge in [0.25, 0.3) is 5.69 Å². The summed E-state index contributed by atoms with van der Waals surface area (Å²) in [6, 6.07) is 16.2. The molecule has 2 aromatic carbocycles. The van der Waals surface area contributed by atoms with Crippen molar-refractivity contribution >= 4 is 5.69 Å². The van der Waals surface area contributed by atoms with Gasteiger partial charge in [-0.05, 0) is 6.07 Å². The molecule has 0 amide bonds. The van der Waals surface area contributed by atoms with E-state index >= 15 is 0 Å². The first-order valence-corrected chi connectivity index (χ1v) is 6.10. The van der Waals surface area contributed by atoms with Crippen molar-refractivity contribution in [3.8, 4) is 22.6 Å². The molecule has 0 aliphatic carbocycles. The summed E-state index contributed by atoms with van der Waals surface area (Å²) in [6.07, 6.45) is 1.69. The van der Waals surface area contributed by atoms with E-state index in [1.54, 1.807) is 24.4 Å². The summed E-state index contributed by atoms with van der Waals surface area (Å²) in [5.41, 5.74) is 2.07. The second kappa shape index (κ2) is 4.97. The van der Waals surface area contributed by atoms with Gasteiger partial charge in [0.15, 0.2) is 0 Å². The second-order valence-corrected chi connectivity index (χ2v) is 4.27. The van der Waals surface area contributed by atoms with Crippen molar-refractivity contribution in [2.24, 2.45) is 0 Å². The summed E-state index contributed by atoms with van der Waals surface area (Å²) in [4.78, 5) is 18.1. The van der Waals surface area contributed by atoms with Crippen LogP contribution in [0.3, 0.4) is 0 Å². The number of imidazole rings is 1. The van der Waals surface area contributed by atoms with Crippen molar-refractivity contribution in [1.82, 2.24) is 9.97 Å². The number of aromatic amines is 1. The van der Waals surface area contributed by atoms with E-state index in [0.717, 1.165) is 5.56 Å². The van der Waals surface area contributed by atoms with E-state index in [-0.39, 0.29) is 5.69 Å².